The maximum Gasteiger partial charge on any atom is 0.264 e. The Morgan fingerprint density at radius 3 is 2.76 bits per heavy atom. The maximum absolute atomic E-state index is 13.8. The van der Waals surface area contributed by atoms with Crippen LogP contribution >= 0.6 is 11.6 Å². The van der Waals surface area contributed by atoms with E-state index in [0.29, 0.717) is 13.1 Å². The fourth-order valence-electron chi connectivity index (χ4n) is 5.93. The molecule has 2 fully saturated rings. The molecule has 1 spiro atoms. The van der Waals surface area contributed by atoms with Crippen LogP contribution in [0.5, 0.6) is 0 Å². The Kier molecular flexibility index (Phi) is 5.15. The van der Waals surface area contributed by atoms with Gasteiger partial charge in [0.2, 0.25) is 0 Å². The number of halogens is 1. The van der Waals surface area contributed by atoms with Crippen LogP contribution in [0.2, 0.25) is 0 Å². The number of fused-ring (bicyclic) bond motifs is 3. The van der Waals surface area contributed by atoms with Crippen LogP contribution in [0.15, 0.2) is 65.7 Å². The summed E-state index contributed by atoms with van der Waals surface area (Å²) in [4.78, 5) is 25.5. The number of H-pyrrole nitrogens is 1. The first-order valence-corrected chi connectivity index (χ1v) is 12.2. The molecule has 6 nitrogen and oxygen atoms in total. The molecule has 1 saturated heterocycles. The van der Waals surface area contributed by atoms with E-state index in [9.17, 15) is 4.79 Å². The molecule has 2 N–H and O–H groups in total. The molecule has 0 unspecified atom stereocenters. The zero-order valence-corrected chi connectivity index (χ0v) is 19.3. The number of hydrogen-bond acceptors (Lipinski definition) is 4. The van der Waals surface area contributed by atoms with E-state index in [-0.39, 0.29) is 11.3 Å². The molecule has 3 aromatic rings. The van der Waals surface area contributed by atoms with Crippen molar-refractivity contribution in [2.45, 2.75) is 51.4 Å². The highest BCUT2D eigenvalue weighted by atomic mass is 35.5. The highest BCUT2D eigenvalue weighted by Gasteiger charge is 2.53. The van der Waals surface area contributed by atoms with Crippen LogP contribution in [-0.2, 0) is 17.9 Å². The van der Waals surface area contributed by atoms with Gasteiger partial charge in [0, 0.05) is 47.5 Å². The fourth-order valence-corrected chi connectivity index (χ4v) is 6.39. The van der Waals surface area contributed by atoms with Gasteiger partial charge in [0.25, 0.3) is 5.91 Å². The maximum atomic E-state index is 13.8. The topological polar surface area (TPSA) is 64.3 Å². The molecule has 0 radical (unpaired) electrons. The number of allylic oxidation sites excluding steroid dienone is 1. The third-order valence-corrected chi connectivity index (χ3v) is 7.96. The monoisotopic (exact) mass is 461 g/mol. The Labute approximate surface area is 198 Å². The average molecular weight is 462 g/mol. The third-order valence-electron chi connectivity index (χ3n) is 7.57. The molecular weight excluding hydrogens is 434 g/mol. The van der Waals surface area contributed by atoms with Gasteiger partial charge in [0.1, 0.15) is 5.16 Å². The number of carbonyl (C=O) groups is 1. The predicted molar refractivity (Wildman–Crippen MR) is 129 cm³/mol. The van der Waals surface area contributed by atoms with Crippen LogP contribution in [0.1, 0.15) is 43.4 Å². The number of nitrogens with one attached hydrogen (secondary N) is 2. The van der Waals surface area contributed by atoms with Gasteiger partial charge in [-0.15, -0.1) is 0 Å². The number of nitrogens with zero attached hydrogens (tertiary/aromatic N) is 3. The summed E-state index contributed by atoms with van der Waals surface area (Å²) in [6.07, 6.45) is 8.80. The van der Waals surface area contributed by atoms with Gasteiger partial charge in [-0.25, -0.2) is 0 Å². The highest BCUT2D eigenvalue weighted by molar-refractivity contribution is 6.30. The smallest absolute Gasteiger partial charge is 0.264 e. The molecule has 3 aliphatic rings. The van der Waals surface area contributed by atoms with Gasteiger partial charge >= 0.3 is 0 Å². The van der Waals surface area contributed by atoms with Crippen LogP contribution < -0.4 is 5.32 Å². The second-order valence-corrected chi connectivity index (χ2v) is 9.88. The van der Waals surface area contributed by atoms with E-state index in [1.165, 1.54) is 12.8 Å². The van der Waals surface area contributed by atoms with Gasteiger partial charge in [0.05, 0.1) is 12.2 Å². The summed E-state index contributed by atoms with van der Waals surface area (Å²) in [6, 6.07) is 14.3. The van der Waals surface area contributed by atoms with E-state index in [1.54, 1.807) is 6.20 Å². The third kappa shape index (κ3) is 3.52. The summed E-state index contributed by atoms with van der Waals surface area (Å²) in [6.45, 7) is 1.89. The zero-order valence-electron chi connectivity index (χ0n) is 18.6. The molecule has 1 aliphatic carbocycles. The first-order valence-electron chi connectivity index (χ1n) is 11.8. The first-order chi connectivity index (χ1) is 16.1. The number of carbonyl (C=O) groups excluding carboxylic acids is 1. The van der Waals surface area contributed by atoms with E-state index in [0.717, 1.165) is 58.8 Å². The summed E-state index contributed by atoms with van der Waals surface area (Å²) in [7, 11) is 0. The molecule has 4 heterocycles. The zero-order chi connectivity index (χ0) is 22.4. The Bertz CT molecular complexity index is 1180. The second kappa shape index (κ2) is 8.19. The lowest BCUT2D eigenvalue weighted by Gasteiger charge is -2.43. The Balaban J connectivity index is 1.37. The molecule has 0 bridgehead atoms. The van der Waals surface area contributed by atoms with Crippen molar-refractivity contribution in [2.24, 2.45) is 5.41 Å². The molecule has 2 aromatic heterocycles. The van der Waals surface area contributed by atoms with Gasteiger partial charge in [-0.3, -0.25) is 15.1 Å². The quantitative estimate of drug-likeness (QED) is 0.541. The normalized spacial score (nSPS) is 22.1. The van der Waals surface area contributed by atoms with Crippen molar-refractivity contribution in [3.8, 4) is 0 Å². The van der Waals surface area contributed by atoms with E-state index >= 15 is 0 Å². The van der Waals surface area contributed by atoms with Crippen molar-refractivity contribution >= 4 is 28.4 Å². The van der Waals surface area contributed by atoms with E-state index in [4.69, 9.17) is 11.6 Å². The van der Waals surface area contributed by atoms with Gasteiger partial charge in [-0.05, 0) is 37.0 Å². The minimum absolute atomic E-state index is 0.0553. The minimum atomic E-state index is -0.512. The minimum Gasteiger partial charge on any atom is -0.357 e. The second-order valence-electron chi connectivity index (χ2n) is 9.52. The highest BCUT2D eigenvalue weighted by Crippen LogP contribution is 2.55. The summed E-state index contributed by atoms with van der Waals surface area (Å²) in [5.41, 5.74) is 4.31. The summed E-state index contributed by atoms with van der Waals surface area (Å²) < 4.78 is 0. The number of aromatic nitrogens is 2. The molecule has 2 aliphatic heterocycles. The van der Waals surface area contributed by atoms with Crippen LogP contribution in [-0.4, -0.2) is 38.4 Å². The van der Waals surface area contributed by atoms with Crippen LogP contribution in [0.3, 0.4) is 0 Å². The SMILES string of the molecule is O=C1[C@@H](NCc2ccccc2)N(Cc2cc3cnccc3[nH]2)C(Cl)=C2N1CCC21CCCC1. The summed E-state index contributed by atoms with van der Waals surface area (Å²) >= 11 is 7.19. The van der Waals surface area contributed by atoms with Crippen LogP contribution in [0.4, 0.5) is 0 Å². The molecule has 170 valence electrons. The lowest BCUT2D eigenvalue weighted by Crippen LogP contribution is -2.58. The molecule has 1 saturated carbocycles. The predicted octanol–water partition coefficient (Wildman–Crippen LogP) is 4.70. The molecule has 6 rings (SSSR count). The van der Waals surface area contributed by atoms with Crippen molar-refractivity contribution in [3.63, 3.8) is 0 Å². The Morgan fingerprint density at radius 2 is 1.97 bits per heavy atom. The number of aromatic amines is 1. The molecule has 1 amide bonds. The number of benzene rings is 1. The van der Waals surface area contributed by atoms with Crippen LogP contribution in [0, 0.1) is 5.41 Å². The van der Waals surface area contributed by atoms with E-state index in [2.05, 4.69) is 38.4 Å². The Hall–Kier alpha value is -2.83. The Morgan fingerprint density at radius 1 is 1.15 bits per heavy atom. The van der Waals surface area contributed by atoms with E-state index in [1.807, 2.05) is 35.4 Å². The number of pyridine rings is 1. The first kappa shape index (κ1) is 20.8. The summed E-state index contributed by atoms with van der Waals surface area (Å²) in [5, 5.41) is 5.28. The van der Waals surface area contributed by atoms with Gasteiger partial charge in [-0.1, -0.05) is 54.8 Å². The largest absolute Gasteiger partial charge is 0.357 e. The molecular formula is C26H28ClN5O. The van der Waals surface area contributed by atoms with Gasteiger partial charge in [-0.2, -0.15) is 0 Å². The standard InChI is InChI=1S/C26H28ClN5O/c27-23-22-26(9-4-5-10-26)11-13-31(22)25(33)24(29-15-18-6-2-1-3-7-18)32(23)17-20-14-19-16-28-12-8-21(19)30-20/h1-3,6-8,12,14,16,24,29-30H,4-5,9-11,13,15,17H2/t24-/m0/s1. The molecule has 33 heavy (non-hydrogen) atoms. The average Bonchev–Trinajstić information content (AvgIpc) is 3.57. The number of hydrogen-bond donors (Lipinski definition) is 2. The molecule has 1 aromatic carbocycles. The molecule has 7 heteroatoms. The van der Waals surface area contributed by atoms with Crippen LogP contribution in [0.25, 0.3) is 10.9 Å². The van der Waals surface area contributed by atoms with Crippen molar-refractivity contribution in [1.29, 1.82) is 0 Å². The van der Waals surface area contributed by atoms with E-state index < -0.39 is 6.17 Å². The fraction of sp³-hybridized carbons (Fsp3) is 0.385. The van der Waals surface area contributed by atoms with Gasteiger partial charge < -0.3 is 14.8 Å². The van der Waals surface area contributed by atoms with Crippen molar-refractivity contribution in [2.75, 3.05) is 6.54 Å². The van der Waals surface area contributed by atoms with Crippen molar-refractivity contribution in [1.82, 2.24) is 25.1 Å². The van der Waals surface area contributed by atoms with Crippen molar-refractivity contribution in [3.05, 3.63) is 77.0 Å². The van der Waals surface area contributed by atoms with Crippen molar-refractivity contribution < 1.29 is 4.79 Å². The lowest BCUT2D eigenvalue weighted by molar-refractivity contribution is -0.137. The number of rotatable bonds is 5. The molecule has 1 atom stereocenters. The summed E-state index contributed by atoms with van der Waals surface area (Å²) in [5.74, 6) is 0.104. The number of amides is 1. The van der Waals surface area contributed by atoms with Gasteiger partial charge in [0.15, 0.2) is 6.17 Å². The lowest BCUT2D eigenvalue weighted by atomic mass is 9.82.